The highest BCUT2D eigenvalue weighted by Gasteiger charge is 2.26. The first kappa shape index (κ1) is 20.4. The monoisotopic (exact) mass is 417 g/mol. The number of hydrogen-bond acceptors (Lipinski definition) is 4. The second-order valence-electron chi connectivity index (χ2n) is 7.46. The van der Waals surface area contributed by atoms with Gasteiger partial charge in [-0.15, -0.1) is 0 Å². The van der Waals surface area contributed by atoms with E-state index in [1.54, 1.807) is 58.3 Å². The highest BCUT2D eigenvalue weighted by atomic mass is 16.3. The highest BCUT2D eigenvalue weighted by Crippen LogP contribution is 2.16. The zero-order chi connectivity index (χ0) is 21.8. The average molecular weight is 417 g/mol. The molecule has 0 aliphatic carbocycles. The molecule has 1 aliphatic rings. The molecule has 1 fully saturated rings. The van der Waals surface area contributed by atoms with Crippen molar-refractivity contribution in [2.75, 3.05) is 31.5 Å². The van der Waals surface area contributed by atoms with Crippen molar-refractivity contribution in [1.29, 1.82) is 0 Å². The Morgan fingerprint density at radius 3 is 1.94 bits per heavy atom. The Morgan fingerprint density at radius 2 is 1.35 bits per heavy atom. The molecule has 158 valence electrons. The SMILES string of the molecule is Cc1ccc(C(=O)Nc2ccc(C(=O)N3CCN(C(=O)c4ccco4)CC3)cc2)cc1. The number of rotatable bonds is 4. The van der Waals surface area contributed by atoms with E-state index in [4.69, 9.17) is 4.42 Å². The summed E-state index contributed by atoms with van der Waals surface area (Å²) in [6.45, 7) is 3.79. The highest BCUT2D eigenvalue weighted by molar-refractivity contribution is 6.04. The van der Waals surface area contributed by atoms with Crippen LogP contribution in [0.5, 0.6) is 0 Å². The summed E-state index contributed by atoms with van der Waals surface area (Å²) >= 11 is 0. The number of nitrogens with one attached hydrogen (secondary N) is 1. The normalized spacial score (nSPS) is 13.7. The quantitative estimate of drug-likeness (QED) is 0.705. The van der Waals surface area contributed by atoms with Crippen LogP contribution in [0.2, 0.25) is 0 Å². The molecule has 7 nitrogen and oxygen atoms in total. The number of anilines is 1. The molecule has 1 saturated heterocycles. The Bertz CT molecular complexity index is 1070. The van der Waals surface area contributed by atoms with E-state index in [-0.39, 0.29) is 17.7 Å². The Kier molecular flexibility index (Phi) is 5.84. The lowest BCUT2D eigenvalue weighted by molar-refractivity contribution is 0.0518. The van der Waals surface area contributed by atoms with Gasteiger partial charge in [0, 0.05) is 43.0 Å². The molecule has 31 heavy (non-hydrogen) atoms. The third-order valence-corrected chi connectivity index (χ3v) is 5.29. The maximum absolute atomic E-state index is 12.8. The number of amides is 3. The minimum atomic E-state index is -0.198. The predicted octanol–water partition coefficient (Wildman–Crippen LogP) is 3.44. The fraction of sp³-hybridized carbons (Fsp3) is 0.208. The summed E-state index contributed by atoms with van der Waals surface area (Å²) in [6.07, 6.45) is 1.47. The second kappa shape index (κ2) is 8.87. The summed E-state index contributed by atoms with van der Waals surface area (Å²) in [5, 5.41) is 2.84. The fourth-order valence-corrected chi connectivity index (χ4v) is 3.46. The van der Waals surface area contributed by atoms with Crippen molar-refractivity contribution in [2.45, 2.75) is 6.92 Å². The van der Waals surface area contributed by atoms with Crippen molar-refractivity contribution >= 4 is 23.4 Å². The van der Waals surface area contributed by atoms with Gasteiger partial charge in [-0.2, -0.15) is 0 Å². The van der Waals surface area contributed by atoms with Crippen LogP contribution in [0.15, 0.2) is 71.3 Å². The van der Waals surface area contributed by atoms with E-state index in [2.05, 4.69) is 5.32 Å². The Balaban J connectivity index is 1.33. The molecule has 0 saturated carbocycles. The molecule has 4 rings (SSSR count). The lowest BCUT2D eigenvalue weighted by Crippen LogP contribution is -2.50. The number of furan rings is 1. The summed E-state index contributed by atoms with van der Waals surface area (Å²) in [7, 11) is 0. The summed E-state index contributed by atoms with van der Waals surface area (Å²) < 4.78 is 5.16. The van der Waals surface area contributed by atoms with E-state index in [1.165, 1.54) is 6.26 Å². The maximum atomic E-state index is 12.8. The molecule has 3 aromatic rings. The molecule has 1 aromatic heterocycles. The Hall–Kier alpha value is -3.87. The fourth-order valence-electron chi connectivity index (χ4n) is 3.46. The molecule has 2 heterocycles. The number of carbonyl (C=O) groups is 3. The number of benzene rings is 2. The molecule has 1 N–H and O–H groups in total. The molecule has 0 spiro atoms. The number of piperazine rings is 1. The van der Waals surface area contributed by atoms with E-state index in [9.17, 15) is 14.4 Å². The zero-order valence-corrected chi connectivity index (χ0v) is 17.2. The van der Waals surface area contributed by atoms with Crippen LogP contribution in [0, 0.1) is 6.92 Å². The summed E-state index contributed by atoms with van der Waals surface area (Å²) in [5.74, 6) is -0.147. The topological polar surface area (TPSA) is 82.9 Å². The van der Waals surface area contributed by atoms with Gasteiger partial charge in [0.15, 0.2) is 5.76 Å². The average Bonchev–Trinajstić information content (AvgIpc) is 3.34. The van der Waals surface area contributed by atoms with Gasteiger partial charge in [0.1, 0.15) is 0 Å². The van der Waals surface area contributed by atoms with Crippen LogP contribution >= 0.6 is 0 Å². The van der Waals surface area contributed by atoms with Gasteiger partial charge >= 0.3 is 0 Å². The largest absolute Gasteiger partial charge is 0.459 e. The molecule has 0 bridgehead atoms. The van der Waals surface area contributed by atoms with Crippen LogP contribution in [0.3, 0.4) is 0 Å². The number of hydrogen-bond donors (Lipinski definition) is 1. The number of nitrogens with zero attached hydrogens (tertiary/aromatic N) is 2. The number of carbonyl (C=O) groups excluding carboxylic acids is 3. The van der Waals surface area contributed by atoms with E-state index >= 15 is 0 Å². The third-order valence-electron chi connectivity index (χ3n) is 5.29. The van der Waals surface area contributed by atoms with Gasteiger partial charge in [-0.05, 0) is 55.5 Å². The van der Waals surface area contributed by atoms with E-state index < -0.39 is 0 Å². The molecular formula is C24H23N3O4. The van der Waals surface area contributed by atoms with E-state index in [0.717, 1.165) is 5.56 Å². The first-order valence-electron chi connectivity index (χ1n) is 10.1. The van der Waals surface area contributed by atoms with Crippen LogP contribution in [-0.4, -0.2) is 53.7 Å². The molecule has 0 unspecified atom stereocenters. The lowest BCUT2D eigenvalue weighted by atomic mass is 10.1. The van der Waals surface area contributed by atoms with Gasteiger partial charge in [-0.3, -0.25) is 14.4 Å². The molecule has 3 amide bonds. The molecule has 0 atom stereocenters. The predicted molar refractivity (Wildman–Crippen MR) is 116 cm³/mol. The van der Waals surface area contributed by atoms with Crippen molar-refractivity contribution in [3.63, 3.8) is 0 Å². The van der Waals surface area contributed by atoms with E-state index in [1.807, 2.05) is 19.1 Å². The molecule has 2 aromatic carbocycles. The van der Waals surface area contributed by atoms with Gasteiger partial charge < -0.3 is 19.5 Å². The summed E-state index contributed by atoms with van der Waals surface area (Å²) in [6, 6.07) is 17.5. The summed E-state index contributed by atoms with van der Waals surface area (Å²) in [5.41, 5.74) is 2.83. The third kappa shape index (κ3) is 4.66. The van der Waals surface area contributed by atoms with Crippen molar-refractivity contribution in [2.24, 2.45) is 0 Å². The van der Waals surface area contributed by atoms with Gasteiger partial charge in [0.05, 0.1) is 6.26 Å². The van der Waals surface area contributed by atoms with Crippen LogP contribution in [0.25, 0.3) is 0 Å². The first-order chi connectivity index (χ1) is 15.0. The minimum absolute atomic E-state index is 0.0958. The smallest absolute Gasteiger partial charge is 0.289 e. The summed E-state index contributed by atoms with van der Waals surface area (Å²) in [4.78, 5) is 40.9. The maximum Gasteiger partial charge on any atom is 0.289 e. The van der Waals surface area contributed by atoms with Crippen LogP contribution in [0.1, 0.15) is 36.8 Å². The second-order valence-corrected chi connectivity index (χ2v) is 7.46. The lowest BCUT2D eigenvalue weighted by Gasteiger charge is -2.34. The van der Waals surface area contributed by atoms with Crippen molar-refractivity contribution in [3.8, 4) is 0 Å². The Morgan fingerprint density at radius 1 is 0.774 bits per heavy atom. The molecule has 0 radical (unpaired) electrons. The zero-order valence-electron chi connectivity index (χ0n) is 17.2. The van der Waals surface area contributed by atoms with Gasteiger partial charge in [-0.1, -0.05) is 17.7 Å². The minimum Gasteiger partial charge on any atom is -0.459 e. The van der Waals surface area contributed by atoms with E-state index in [0.29, 0.717) is 48.8 Å². The van der Waals surface area contributed by atoms with Crippen molar-refractivity contribution in [1.82, 2.24) is 9.80 Å². The standard InChI is InChI=1S/C24H23N3O4/c1-17-4-6-18(7-5-17)22(28)25-20-10-8-19(9-11-20)23(29)26-12-14-27(15-13-26)24(30)21-3-2-16-31-21/h2-11,16H,12-15H2,1H3,(H,25,28). The first-order valence-corrected chi connectivity index (χ1v) is 10.1. The van der Waals surface area contributed by atoms with Crippen LogP contribution < -0.4 is 5.32 Å². The Labute approximate surface area is 180 Å². The molecular weight excluding hydrogens is 394 g/mol. The number of aryl methyl sites for hydroxylation is 1. The molecule has 7 heteroatoms. The van der Waals surface area contributed by atoms with Gasteiger partial charge in [0.2, 0.25) is 0 Å². The van der Waals surface area contributed by atoms with Crippen molar-refractivity contribution < 1.29 is 18.8 Å². The van der Waals surface area contributed by atoms with Gasteiger partial charge in [-0.25, -0.2) is 0 Å². The van der Waals surface area contributed by atoms with Crippen LogP contribution in [-0.2, 0) is 0 Å². The van der Waals surface area contributed by atoms with Gasteiger partial charge in [0.25, 0.3) is 17.7 Å². The molecule has 1 aliphatic heterocycles. The van der Waals surface area contributed by atoms with Crippen molar-refractivity contribution in [3.05, 3.63) is 89.4 Å². The van der Waals surface area contributed by atoms with Crippen LogP contribution in [0.4, 0.5) is 5.69 Å².